The van der Waals surface area contributed by atoms with E-state index in [0.717, 1.165) is 89.2 Å². The maximum absolute atomic E-state index is 14.0. The molecule has 6 heteroatoms. The van der Waals surface area contributed by atoms with Gasteiger partial charge in [-0.3, -0.25) is 14.5 Å². The Kier molecular flexibility index (Phi) is 10.7. The minimum Gasteiger partial charge on any atom is -0.497 e. The predicted molar refractivity (Wildman–Crippen MR) is 176 cm³/mol. The smallest absolute Gasteiger partial charge is 0.303 e. The number of benzene rings is 2. The zero-order valence-electron chi connectivity index (χ0n) is 27.6. The average Bonchev–Trinajstić information content (AvgIpc) is 3.83. The molecule has 1 saturated heterocycles. The molecule has 2 saturated carbocycles. The molecule has 3 atom stereocenters. The third-order valence-electron chi connectivity index (χ3n) is 10.4. The maximum Gasteiger partial charge on any atom is 0.303 e. The van der Waals surface area contributed by atoms with Gasteiger partial charge in [0.15, 0.2) is 0 Å². The van der Waals surface area contributed by atoms with Crippen molar-refractivity contribution in [2.45, 2.75) is 108 Å². The number of esters is 1. The first-order chi connectivity index (χ1) is 21.2. The molecule has 2 aliphatic carbocycles. The number of unbranched alkanes of at least 4 members (excludes halogenated alkanes) is 2. The van der Waals surface area contributed by atoms with Gasteiger partial charge in [0.2, 0.25) is 5.91 Å². The van der Waals surface area contributed by atoms with Gasteiger partial charge < -0.3 is 14.4 Å². The number of ether oxygens (including phenoxy) is 2. The highest BCUT2D eigenvalue weighted by molar-refractivity contribution is 5.76. The third kappa shape index (κ3) is 7.67. The van der Waals surface area contributed by atoms with E-state index in [0.29, 0.717) is 12.3 Å². The first kappa shape index (κ1) is 32.5. The number of fused-ring (bicyclic) bond motifs is 1. The molecule has 3 fully saturated rings. The maximum atomic E-state index is 14.0. The van der Waals surface area contributed by atoms with Crippen LogP contribution < -0.4 is 4.74 Å². The predicted octanol–water partition coefficient (Wildman–Crippen LogP) is 7.19. The number of aryl methyl sites for hydroxylation is 1. The van der Waals surface area contributed by atoms with Gasteiger partial charge in [0.1, 0.15) is 11.4 Å². The van der Waals surface area contributed by atoms with Gasteiger partial charge in [-0.05, 0) is 99.4 Å². The molecule has 44 heavy (non-hydrogen) atoms. The molecular formula is C38H54N2O4. The number of amides is 1. The molecule has 0 N–H and O–H groups in total. The molecule has 0 aromatic heterocycles. The van der Waals surface area contributed by atoms with Gasteiger partial charge in [0, 0.05) is 44.4 Å². The molecule has 0 bridgehead atoms. The molecule has 2 aromatic carbocycles. The van der Waals surface area contributed by atoms with E-state index in [1.165, 1.54) is 24.0 Å². The lowest BCUT2D eigenvalue weighted by Gasteiger charge is -2.60. The van der Waals surface area contributed by atoms with Crippen LogP contribution in [0, 0.1) is 11.8 Å². The molecule has 1 amide bonds. The van der Waals surface area contributed by atoms with E-state index < -0.39 is 5.60 Å². The topological polar surface area (TPSA) is 59.1 Å². The van der Waals surface area contributed by atoms with Crippen LogP contribution in [0.25, 0.3) is 0 Å². The number of rotatable bonds is 14. The summed E-state index contributed by atoms with van der Waals surface area (Å²) in [6.45, 7) is 9.55. The molecule has 5 rings (SSSR count). The van der Waals surface area contributed by atoms with Gasteiger partial charge in [0.25, 0.3) is 0 Å². The first-order valence-corrected chi connectivity index (χ1v) is 17.1. The molecule has 0 spiro atoms. The molecule has 3 unspecified atom stereocenters. The molecule has 3 aliphatic rings. The van der Waals surface area contributed by atoms with Crippen molar-refractivity contribution in [1.82, 2.24) is 9.80 Å². The minimum absolute atomic E-state index is 0.110. The highest BCUT2D eigenvalue weighted by atomic mass is 16.6. The molecule has 6 nitrogen and oxygen atoms in total. The number of carbonyl (C=O) groups excluding carboxylic acids is 2. The number of hydrogen-bond acceptors (Lipinski definition) is 5. The van der Waals surface area contributed by atoms with E-state index in [-0.39, 0.29) is 23.3 Å². The largest absolute Gasteiger partial charge is 0.497 e. The Morgan fingerprint density at radius 1 is 1.00 bits per heavy atom. The van der Waals surface area contributed by atoms with Crippen molar-refractivity contribution < 1.29 is 19.1 Å². The summed E-state index contributed by atoms with van der Waals surface area (Å²) in [5.41, 5.74) is 1.52. The minimum atomic E-state index is -0.626. The Hall–Kier alpha value is -2.86. The molecule has 240 valence electrons. The second-order valence-corrected chi connectivity index (χ2v) is 14.2. The number of carbonyl (C=O) groups is 2. The van der Waals surface area contributed by atoms with Gasteiger partial charge in [-0.1, -0.05) is 62.7 Å². The van der Waals surface area contributed by atoms with E-state index in [2.05, 4.69) is 72.2 Å². The summed E-state index contributed by atoms with van der Waals surface area (Å²) in [6, 6.07) is 19.1. The second-order valence-electron chi connectivity index (χ2n) is 14.2. The quantitative estimate of drug-likeness (QED) is 0.169. The van der Waals surface area contributed by atoms with Crippen molar-refractivity contribution in [3.63, 3.8) is 0 Å². The van der Waals surface area contributed by atoms with Crippen LogP contribution in [0.2, 0.25) is 0 Å². The highest BCUT2D eigenvalue weighted by Gasteiger charge is 2.61. The fraction of sp³-hybridized carbons (Fsp3) is 0.632. The monoisotopic (exact) mass is 602 g/mol. The lowest BCUT2D eigenvalue weighted by Crippen LogP contribution is -2.69. The number of hydrogen-bond donors (Lipinski definition) is 0. The van der Waals surface area contributed by atoms with Gasteiger partial charge in [-0.25, -0.2) is 0 Å². The molecule has 1 aliphatic heterocycles. The van der Waals surface area contributed by atoms with Crippen molar-refractivity contribution >= 4 is 11.9 Å². The zero-order chi connectivity index (χ0) is 31.2. The van der Waals surface area contributed by atoms with Crippen molar-refractivity contribution in [3.05, 3.63) is 65.7 Å². The van der Waals surface area contributed by atoms with Crippen LogP contribution in [0.3, 0.4) is 0 Å². The normalized spacial score (nSPS) is 25.3. The summed E-state index contributed by atoms with van der Waals surface area (Å²) in [5, 5.41) is 0. The van der Waals surface area contributed by atoms with Crippen molar-refractivity contribution in [3.8, 4) is 5.75 Å². The van der Waals surface area contributed by atoms with E-state index in [9.17, 15) is 9.59 Å². The van der Waals surface area contributed by atoms with E-state index in [1.807, 2.05) is 6.07 Å². The van der Waals surface area contributed by atoms with E-state index in [1.54, 1.807) is 14.0 Å². The summed E-state index contributed by atoms with van der Waals surface area (Å²) < 4.78 is 12.2. The fourth-order valence-electron chi connectivity index (χ4n) is 8.09. The molecule has 2 aromatic rings. The van der Waals surface area contributed by atoms with Gasteiger partial charge in [-0.2, -0.15) is 0 Å². The average molecular weight is 603 g/mol. The number of piperidine rings is 1. The first-order valence-electron chi connectivity index (χ1n) is 17.1. The van der Waals surface area contributed by atoms with Crippen LogP contribution in [0.4, 0.5) is 0 Å². The lowest BCUT2D eigenvalue weighted by atomic mass is 9.54. The lowest BCUT2D eigenvalue weighted by molar-refractivity contribution is -0.190. The van der Waals surface area contributed by atoms with Crippen molar-refractivity contribution in [2.75, 3.05) is 33.3 Å². The van der Waals surface area contributed by atoms with Crippen molar-refractivity contribution in [2.24, 2.45) is 11.8 Å². The number of methoxy groups -OCH3 is 1. The highest BCUT2D eigenvalue weighted by Crippen LogP contribution is 2.55. The van der Waals surface area contributed by atoms with Gasteiger partial charge in [-0.15, -0.1) is 0 Å². The SMILES string of the molecule is COc1cccc(C23CCN(CC4CC4)CC2(OC(C)=O)CCC(N(CC(C)C)C(=O)CCCCCc2ccccc2)C3)c1. The standard InChI is InChI=1S/C38H54N2O4/c1-29(2)26-40(36(42)17-10-6-9-14-31-12-7-5-8-13-31)34-20-21-38(44-30(3)41)28-39(27-32-18-19-32)23-22-37(38,25-34)33-15-11-16-35(24-33)43-4/h5,7-8,11-13,15-16,24,29,32,34H,6,9-10,14,17-23,25-28H2,1-4H3. The number of likely N-dealkylation sites (tertiary alicyclic amines) is 1. The van der Waals surface area contributed by atoms with Crippen LogP contribution in [-0.2, 0) is 26.2 Å². The fourth-order valence-corrected chi connectivity index (χ4v) is 8.09. The Morgan fingerprint density at radius 2 is 1.80 bits per heavy atom. The third-order valence-corrected chi connectivity index (χ3v) is 10.4. The van der Waals surface area contributed by atoms with Gasteiger partial charge in [0.05, 0.1) is 7.11 Å². The second kappa shape index (κ2) is 14.5. The van der Waals surface area contributed by atoms with Crippen LogP contribution in [0.5, 0.6) is 5.75 Å². The van der Waals surface area contributed by atoms with E-state index >= 15 is 0 Å². The summed E-state index contributed by atoms with van der Waals surface area (Å²) in [5.74, 6) is 2.04. The molecule has 0 radical (unpaired) electrons. The summed E-state index contributed by atoms with van der Waals surface area (Å²) in [6.07, 6.45) is 10.7. The number of nitrogens with zero attached hydrogens (tertiary/aromatic N) is 2. The van der Waals surface area contributed by atoms with Crippen molar-refractivity contribution in [1.29, 1.82) is 0 Å². The van der Waals surface area contributed by atoms with Gasteiger partial charge >= 0.3 is 5.97 Å². The Balaban J connectivity index is 1.37. The Labute approximate surface area is 265 Å². The Morgan fingerprint density at radius 3 is 2.50 bits per heavy atom. The van der Waals surface area contributed by atoms with Crippen LogP contribution in [-0.4, -0.2) is 66.6 Å². The summed E-state index contributed by atoms with van der Waals surface area (Å²) in [4.78, 5) is 31.5. The summed E-state index contributed by atoms with van der Waals surface area (Å²) >= 11 is 0. The summed E-state index contributed by atoms with van der Waals surface area (Å²) in [7, 11) is 1.71. The molecule has 1 heterocycles. The van der Waals surface area contributed by atoms with Crippen LogP contribution in [0.1, 0.15) is 96.1 Å². The van der Waals surface area contributed by atoms with Crippen LogP contribution in [0.15, 0.2) is 54.6 Å². The Bertz CT molecular complexity index is 1240. The van der Waals surface area contributed by atoms with E-state index in [4.69, 9.17) is 9.47 Å². The molecular weight excluding hydrogens is 548 g/mol. The zero-order valence-corrected chi connectivity index (χ0v) is 27.6. The van der Waals surface area contributed by atoms with Crippen LogP contribution >= 0.6 is 0 Å².